The van der Waals surface area contributed by atoms with Gasteiger partial charge in [-0.15, -0.1) is 0 Å². The first-order chi connectivity index (χ1) is 17.1. The number of halogens is 2. The van der Waals surface area contributed by atoms with Gasteiger partial charge in [-0.3, -0.25) is 0 Å². The number of anilines is 1. The first-order valence-electron chi connectivity index (χ1n) is 12.1. The van der Waals surface area contributed by atoms with Crippen molar-refractivity contribution in [2.45, 2.75) is 44.0 Å². The number of morpholine rings is 1. The lowest BCUT2D eigenvalue weighted by Gasteiger charge is -2.35. The number of benzene rings is 1. The van der Waals surface area contributed by atoms with Crippen molar-refractivity contribution < 1.29 is 18.7 Å². The fraction of sp³-hybridized carbons (Fsp3) is 0.542. The lowest BCUT2D eigenvalue weighted by molar-refractivity contribution is 0.00488. The van der Waals surface area contributed by atoms with E-state index in [0.717, 1.165) is 43.9 Å². The summed E-state index contributed by atoms with van der Waals surface area (Å²) in [5.41, 5.74) is 2.49. The highest BCUT2D eigenvalue weighted by atomic mass is 35.5. The fourth-order valence-electron chi connectivity index (χ4n) is 4.69. The number of hydrogen-bond donors (Lipinski definition) is 3. The maximum absolute atomic E-state index is 14.2. The highest BCUT2D eigenvalue weighted by molar-refractivity contribution is 6.30. The summed E-state index contributed by atoms with van der Waals surface area (Å²) in [6, 6.07) is 4.10. The highest BCUT2D eigenvalue weighted by Crippen LogP contribution is 2.26. The summed E-state index contributed by atoms with van der Waals surface area (Å²) < 4.78 is 25.6. The third kappa shape index (κ3) is 5.83. The van der Waals surface area contributed by atoms with E-state index in [2.05, 4.69) is 20.9 Å². The summed E-state index contributed by atoms with van der Waals surface area (Å²) in [7, 11) is 0. The molecule has 0 radical (unpaired) electrons. The lowest BCUT2D eigenvalue weighted by atomic mass is 10.00. The molecule has 3 aliphatic rings. The van der Waals surface area contributed by atoms with Crippen LogP contribution in [0.3, 0.4) is 0 Å². The second-order valence-electron chi connectivity index (χ2n) is 9.08. The third-order valence-corrected chi connectivity index (χ3v) is 7.00. The average Bonchev–Trinajstić information content (AvgIpc) is 2.89. The molecule has 3 N–H and O–H groups in total. The fourth-order valence-corrected chi connectivity index (χ4v) is 4.81. The Morgan fingerprint density at radius 2 is 2.14 bits per heavy atom. The van der Waals surface area contributed by atoms with Gasteiger partial charge in [-0.2, -0.15) is 0 Å². The second kappa shape index (κ2) is 11.0. The smallest absolute Gasteiger partial charge is 0.318 e. The molecular weight excluding hydrogens is 475 g/mol. The minimum Gasteiger partial charge on any atom is -0.381 e. The zero-order valence-electron chi connectivity index (χ0n) is 19.4. The summed E-state index contributed by atoms with van der Waals surface area (Å²) in [6.07, 6.45) is 4.02. The Morgan fingerprint density at radius 3 is 2.91 bits per heavy atom. The van der Waals surface area contributed by atoms with Gasteiger partial charge in [0.2, 0.25) is 5.95 Å². The van der Waals surface area contributed by atoms with Crippen molar-refractivity contribution in [3.63, 3.8) is 0 Å². The van der Waals surface area contributed by atoms with E-state index >= 15 is 0 Å². The van der Waals surface area contributed by atoms with Crippen molar-refractivity contribution in [3.05, 3.63) is 52.1 Å². The molecule has 5 rings (SSSR count). The topological polar surface area (TPSA) is 101 Å². The van der Waals surface area contributed by atoms with Crippen LogP contribution >= 0.6 is 11.6 Å². The van der Waals surface area contributed by atoms with Crippen LogP contribution in [0.2, 0.25) is 5.02 Å². The normalized spacial score (nSPS) is 21.8. The molecule has 2 unspecified atom stereocenters. The SMILES string of the molecule is O=C(NC(c1ccc(Cl)c(F)c1)C1CNCCO1)N1CCc2cnc(NC3CCOCC3)nc2C1. The van der Waals surface area contributed by atoms with E-state index in [1.54, 1.807) is 11.0 Å². The van der Waals surface area contributed by atoms with Gasteiger partial charge in [-0.1, -0.05) is 17.7 Å². The number of carbonyl (C=O) groups is 1. The van der Waals surface area contributed by atoms with Crippen molar-refractivity contribution in [3.8, 4) is 0 Å². The number of ether oxygens (including phenoxy) is 2. The maximum atomic E-state index is 14.2. The van der Waals surface area contributed by atoms with Crippen LogP contribution in [0.25, 0.3) is 0 Å². The minimum absolute atomic E-state index is 0.0407. The minimum atomic E-state index is -0.528. The molecule has 2 atom stereocenters. The van der Waals surface area contributed by atoms with Crippen LogP contribution in [0.1, 0.15) is 35.7 Å². The molecule has 0 saturated carbocycles. The van der Waals surface area contributed by atoms with E-state index < -0.39 is 11.9 Å². The predicted molar refractivity (Wildman–Crippen MR) is 129 cm³/mol. The molecule has 1 aromatic carbocycles. The molecule has 0 aliphatic carbocycles. The molecule has 2 amide bonds. The zero-order valence-corrected chi connectivity index (χ0v) is 20.2. The number of rotatable bonds is 5. The van der Waals surface area contributed by atoms with Gasteiger partial charge in [-0.25, -0.2) is 19.2 Å². The number of hydrogen-bond acceptors (Lipinski definition) is 7. The molecule has 11 heteroatoms. The van der Waals surface area contributed by atoms with Crippen molar-refractivity contribution in [1.29, 1.82) is 0 Å². The molecule has 0 spiro atoms. The average molecular weight is 505 g/mol. The summed E-state index contributed by atoms with van der Waals surface area (Å²) in [5.74, 6) is 0.0504. The van der Waals surface area contributed by atoms with Gasteiger partial charge >= 0.3 is 6.03 Å². The van der Waals surface area contributed by atoms with E-state index in [0.29, 0.717) is 44.2 Å². The first-order valence-corrected chi connectivity index (χ1v) is 12.5. The molecular formula is C24H30ClFN6O3. The quantitative estimate of drug-likeness (QED) is 0.575. The Kier molecular flexibility index (Phi) is 7.62. The number of nitrogens with zero attached hydrogens (tertiary/aromatic N) is 3. The van der Waals surface area contributed by atoms with Crippen LogP contribution in [0, 0.1) is 5.82 Å². The molecule has 2 saturated heterocycles. The predicted octanol–water partition coefficient (Wildman–Crippen LogP) is 2.66. The van der Waals surface area contributed by atoms with Crippen molar-refractivity contribution in [1.82, 2.24) is 25.5 Å². The van der Waals surface area contributed by atoms with Gasteiger partial charge in [0, 0.05) is 45.1 Å². The maximum Gasteiger partial charge on any atom is 0.318 e. The Bertz CT molecular complexity index is 1050. The van der Waals surface area contributed by atoms with Crippen LogP contribution in [0.4, 0.5) is 15.1 Å². The summed E-state index contributed by atoms with van der Waals surface area (Å²) in [4.78, 5) is 24.2. The Balaban J connectivity index is 1.29. The van der Waals surface area contributed by atoms with Gasteiger partial charge in [0.05, 0.1) is 36.0 Å². The molecule has 0 bridgehead atoms. The zero-order chi connectivity index (χ0) is 24.2. The summed E-state index contributed by atoms with van der Waals surface area (Å²) in [5, 5.41) is 9.78. The molecule has 2 fully saturated rings. The van der Waals surface area contributed by atoms with E-state index in [1.165, 1.54) is 12.1 Å². The Morgan fingerprint density at radius 1 is 1.29 bits per heavy atom. The molecule has 35 heavy (non-hydrogen) atoms. The largest absolute Gasteiger partial charge is 0.381 e. The van der Waals surface area contributed by atoms with Crippen molar-refractivity contribution in [2.75, 3.05) is 44.8 Å². The number of urea groups is 1. The number of nitrogens with one attached hydrogen (secondary N) is 3. The van der Waals surface area contributed by atoms with Gasteiger partial charge in [0.1, 0.15) is 5.82 Å². The van der Waals surface area contributed by atoms with Gasteiger partial charge in [0.15, 0.2) is 0 Å². The molecule has 3 aliphatic heterocycles. The summed E-state index contributed by atoms with van der Waals surface area (Å²) >= 11 is 5.88. The number of amides is 2. The summed E-state index contributed by atoms with van der Waals surface area (Å²) in [6.45, 7) is 4.18. The number of aromatic nitrogens is 2. The molecule has 4 heterocycles. The van der Waals surface area contributed by atoms with Gasteiger partial charge < -0.3 is 30.3 Å². The third-order valence-electron chi connectivity index (χ3n) is 6.70. The highest BCUT2D eigenvalue weighted by Gasteiger charge is 2.31. The molecule has 9 nitrogen and oxygen atoms in total. The molecule has 1 aromatic heterocycles. The van der Waals surface area contributed by atoms with Crippen LogP contribution < -0.4 is 16.0 Å². The Hall–Kier alpha value is -2.53. The van der Waals surface area contributed by atoms with E-state index in [1.807, 2.05) is 6.20 Å². The monoisotopic (exact) mass is 504 g/mol. The second-order valence-corrected chi connectivity index (χ2v) is 9.49. The van der Waals surface area contributed by atoms with Crippen LogP contribution in [0.15, 0.2) is 24.4 Å². The van der Waals surface area contributed by atoms with E-state index in [4.69, 9.17) is 26.1 Å². The molecule has 188 valence electrons. The van der Waals surface area contributed by atoms with Crippen LogP contribution in [-0.4, -0.2) is 72.5 Å². The van der Waals surface area contributed by atoms with Crippen LogP contribution in [0.5, 0.6) is 0 Å². The number of fused-ring (bicyclic) bond motifs is 1. The van der Waals surface area contributed by atoms with Crippen molar-refractivity contribution >= 4 is 23.6 Å². The van der Waals surface area contributed by atoms with E-state index in [9.17, 15) is 9.18 Å². The van der Waals surface area contributed by atoms with Gasteiger partial charge in [-0.05, 0) is 42.5 Å². The number of carbonyl (C=O) groups excluding carboxylic acids is 1. The first kappa shape index (κ1) is 24.2. The molecule has 2 aromatic rings. The van der Waals surface area contributed by atoms with Crippen LogP contribution in [-0.2, 0) is 22.4 Å². The van der Waals surface area contributed by atoms with E-state index in [-0.39, 0.29) is 23.2 Å². The standard InChI is InChI=1S/C24H30ClFN6O3/c25-18-2-1-15(11-19(18)26)22(21-13-27-6-10-35-21)31-24(33)32-7-3-16-12-28-23(30-20(16)14-32)29-17-4-8-34-9-5-17/h1-2,11-12,17,21-22,27H,3-10,13-14H2,(H,31,33)(H,28,29,30). The van der Waals surface area contributed by atoms with Crippen molar-refractivity contribution in [2.24, 2.45) is 0 Å². The lowest BCUT2D eigenvalue weighted by Crippen LogP contribution is -2.51. The Labute approximate surface area is 208 Å². The van der Waals surface area contributed by atoms with Gasteiger partial charge in [0.25, 0.3) is 0 Å².